The van der Waals surface area contributed by atoms with Crippen molar-refractivity contribution in [2.45, 2.75) is 11.4 Å². The number of pyridine rings is 1. The van der Waals surface area contributed by atoms with Crippen LogP contribution in [0.15, 0.2) is 52.3 Å². The molecular weight excluding hydrogens is 306 g/mol. The lowest BCUT2D eigenvalue weighted by Gasteiger charge is -2.07. The van der Waals surface area contributed by atoms with Crippen LogP contribution in [0.1, 0.15) is 15.9 Å². The molecule has 0 radical (unpaired) electrons. The van der Waals surface area contributed by atoms with E-state index in [2.05, 4.69) is 15.0 Å². The Morgan fingerprint density at radius 2 is 2.00 bits per heavy atom. The molecule has 3 N–H and O–H groups in total. The van der Waals surface area contributed by atoms with Crippen molar-refractivity contribution in [1.29, 1.82) is 0 Å². The highest BCUT2D eigenvalue weighted by Gasteiger charge is 2.12. The third-order valence-corrected chi connectivity index (χ3v) is 4.39. The quantitative estimate of drug-likeness (QED) is 0.731. The summed E-state index contributed by atoms with van der Waals surface area (Å²) in [4.78, 5) is 25.4. The number of carbonyl (C=O) groups excluding carboxylic acids is 1. The van der Waals surface area contributed by atoms with Crippen molar-refractivity contribution < 1.29 is 13.2 Å². The van der Waals surface area contributed by atoms with Crippen molar-refractivity contribution in [3.05, 3.63) is 64.1 Å². The van der Waals surface area contributed by atoms with Crippen LogP contribution in [-0.2, 0) is 16.6 Å². The molecule has 2 aromatic rings. The summed E-state index contributed by atoms with van der Waals surface area (Å²) in [7, 11) is -2.19. The number of hydrogen-bond acceptors (Lipinski definition) is 4. The largest absolute Gasteiger partial charge is 0.348 e. The fourth-order valence-corrected chi connectivity index (χ4v) is 2.58. The van der Waals surface area contributed by atoms with Crippen LogP contribution in [-0.4, -0.2) is 26.4 Å². The number of hydrogen-bond donors (Lipinski definition) is 3. The van der Waals surface area contributed by atoms with Crippen molar-refractivity contribution in [2.75, 3.05) is 7.05 Å². The molecule has 0 aliphatic heterocycles. The zero-order valence-corrected chi connectivity index (χ0v) is 12.6. The van der Waals surface area contributed by atoms with E-state index in [0.29, 0.717) is 11.1 Å². The number of benzene rings is 1. The molecule has 1 heterocycles. The second kappa shape index (κ2) is 6.54. The third kappa shape index (κ3) is 3.80. The number of aromatic amines is 1. The second-order valence-corrected chi connectivity index (χ2v) is 6.37. The molecule has 116 valence electrons. The molecule has 0 atom stereocenters. The molecule has 0 bridgehead atoms. The van der Waals surface area contributed by atoms with Crippen LogP contribution < -0.4 is 15.6 Å². The minimum Gasteiger partial charge on any atom is -0.348 e. The van der Waals surface area contributed by atoms with Gasteiger partial charge in [0.05, 0.1) is 10.5 Å². The number of nitrogens with one attached hydrogen (secondary N) is 3. The van der Waals surface area contributed by atoms with Crippen molar-refractivity contribution in [3.63, 3.8) is 0 Å². The van der Waals surface area contributed by atoms with Gasteiger partial charge in [0.1, 0.15) is 0 Å². The molecule has 1 amide bonds. The maximum atomic E-state index is 11.9. The highest BCUT2D eigenvalue weighted by molar-refractivity contribution is 7.89. The lowest BCUT2D eigenvalue weighted by atomic mass is 10.2. The average Bonchev–Trinajstić information content (AvgIpc) is 2.53. The van der Waals surface area contributed by atoms with Gasteiger partial charge in [0.2, 0.25) is 15.6 Å². The monoisotopic (exact) mass is 321 g/mol. The van der Waals surface area contributed by atoms with E-state index in [1.165, 1.54) is 37.5 Å². The van der Waals surface area contributed by atoms with Crippen LogP contribution >= 0.6 is 0 Å². The maximum Gasteiger partial charge on any atom is 0.253 e. The van der Waals surface area contributed by atoms with Crippen LogP contribution in [0.5, 0.6) is 0 Å². The highest BCUT2D eigenvalue weighted by Crippen LogP contribution is 2.11. The van der Waals surface area contributed by atoms with Gasteiger partial charge in [0.15, 0.2) is 0 Å². The Bertz CT molecular complexity index is 823. The van der Waals surface area contributed by atoms with Crippen LogP contribution in [0.2, 0.25) is 0 Å². The van der Waals surface area contributed by atoms with Crippen molar-refractivity contribution in [2.24, 2.45) is 0 Å². The summed E-state index contributed by atoms with van der Waals surface area (Å²) in [6.45, 7) is 0.172. The van der Waals surface area contributed by atoms with Gasteiger partial charge in [0, 0.05) is 18.8 Å². The Morgan fingerprint density at radius 3 is 2.64 bits per heavy atom. The first-order chi connectivity index (χ1) is 10.4. The van der Waals surface area contributed by atoms with Gasteiger partial charge >= 0.3 is 0 Å². The molecule has 0 saturated heterocycles. The van der Waals surface area contributed by atoms with E-state index < -0.39 is 10.0 Å². The predicted octanol–water partition coefficient (Wildman–Crippen LogP) is 0.213. The molecular formula is C14H15N3O4S. The van der Waals surface area contributed by atoms with Crippen LogP contribution in [0.4, 0.5) is 0 Å². The van der Waals surface area contributed by atoms with E-state index in [1.54, 1.807) is 12.1 Å². The maximum absolute atomic E-state index is 11.9. The molecule has 1 aromatic heterocycles. The molecule has 0 unspecified atom stereocenters. The fraction of sp³-hybridized carbons (Fsp3) is 0.143. The van der Waals surface area contributed by atoms with E-state index in [9.17, 15) is 18.0 Å². The number of rotatable bonds is 5. The molecule has 7 nitrogen and oxygen atoms in total. The average molecular weight is 321 g/mol. The summed E-state index contributed by atoms with van der Waals surface area (Å²) < 4.78 is 25.7. The number of sulfonamides is 1. The predicted molar refractivity (Wildman–Crippen MR) is 80.9 cm³/mol. The molecule has 0 saturated carbocycles. The Morgan fingerprint density at radius 1 is 1.23 bits per heavy atom. The number of aromatic nitrogens is 1. The van der Waals surface area contributed by atoms with Gasteiger partial charge in [-0.1, -0.05) is 12.1 Å². The Hall–Kier alpha value is -2.45. The van der Waals surface area contributed by atoms with Gasteiger partial charge in [-0.2, -0.15) is 0 Å². The van der Waals surface area contributed by atoms with Crippen molar-refractivity contribution in [1.82, 2.24) is 15.0 Å². The second-order valence-electron chi connectivity index (χ2n) is 4.48. The van der Waals surface area contributed by atoms with Gasteiger partial charge in [-0.25, -0.2) is 13.1 Å². The lowest BCUT2D eigenvalue weighted by Crippen LogP contribution is -2.24. The number of amides is 1. The minimum atomic E-state index is -3.52. The Balaban J connectivity index is 2.09. The first kappa shape index (κ1) is 15.9. The summed E-state index contributed by atoms with van der Waals surface area (Å²) >= 11 is 0. The van der Waals surface area contributed by atoms with Gasteiger partial charge in [0.25, 0.3) is 5.91 Å². The molecule has 1 aromatic carbocycles. The van der Waals surface area contributed by atoms with Crippen LogP contribution in [0.3, 0.4) is 0 Å². The lowest BCUT2D eigenvalue weighted by molar-refractivity contribution is 0.0950. The zero-order valence-electron chi connectivity index (χ0n) is 11.8. The first-order valence-corrected chi connectivity index (χ1v) is 7.90. The molecule has 0 fully saturated rings. The standard InChI is InChI=1S/C14H15N3O4S/c1-15-22(20,21)12-4-2-3-10(7-12)8-17-14(19)11-5-6-13(18)16-9-11/h2-7,9,15H,8H2,1H3,(H,16,18)(H,17,19). The van der Waals surface area contributed by atoms with Gasteiger partial charge in [-0.15, -0.1) is 0 Å². The van der Waals surface area contributed by atoms with Crippen molar-refractivity contribution >= 4 is 15.9 Å². The molecule has 0 aliphatic rings. The Labute approximate surface area is 127 Å². The number of carbonyl (C=O) groups is 1. The summed E-state index contributed by atoms with van der Waals surface area (Å²) in [6, 6.07) is 8.94. The highest BCUT2D eigenvalue weighted by atomic mass is 32.2. The third-order valence-electron chi connectivity index (χ3n) is 2.98. The SMILES string of the molecule is CNS(=O)(=O)c1cccc(CNC(=O)c2ccc(=O)[nH]c2)c1. The van der Waals surface area contributed by atoms with E-state index in [0.717, 1.165) is 0 Å². The van der Waals surface area contributed by atoms with Crippen molar-refractivity contribution in [3.8, 4) is 0 Å². The van der Waals surface area contributed by atoms with Crippen LogP contribution in [0.25, 0.3) is 0 Å². The summed E-state index contributed by atoms with van der Waals surface area (Å²) in [5.41, 5.74) is 0.675. The molecule has 0 spiro atoms. The van der Waals surface area contributed by atoms with Gasteiger partial charge in [-0.05, 0) is 30.8 Å². The molecule has 22 heavy (non-hydrogen) atoms. The van der Waals surface area contributed by atoms with Gasteiger partial charge in [-0.3, -0.25) is 9.59 Å². The number of H-pyrrole nitrogens is 1. The topological polar surface area (TPSA) is 108 Å². The first-order valence-electron chi connectivity index (χ1n) is 6.42. The molecule has 8 heteroatoms. The fourth-order valence-electron chi connectivity index (χ4n) is 1.78. The van der Waals surface area contributed by atoms with E-state index in [1.807, 2.05) is 0 Å². The normalized spacial score (nSPS) is 11.1. The van der Waals surface area contributed by atoms with E-state index in [-0.39, 0.29) is 22.9 Å². The molecule has 2 rings (SSSR count). The van der Waals surface area contributed by atoms with E-state index >= 15 is 0 Å². The summed E-state index contributed by atoms with van der Waals surface area (Å²) in [5.74, 6) is -0.363. The van der Waals surface area contributed by atoms with Gasteiger partial charge < -0.3 is 10.3 Å². The smallest absolute Gasteiger partial charge is 0.253 e. The van der Waals surface area contributed by atoms with E-state index in [4.69, 9.17) is 0 Å². The summed E-state index contributed by atoms with van der Waals surface area (Å²) in [6.07, 6.45) is 1.32. The van der Waals surface area contributed by atoms with Crippen LogP contribution in [0, 0.1) is 0 Å². The molecule has 0 aliphatic carbocycles. The minimum absolute atomic E-state index is 0.130. The summed E-state index contributed by atoms with van der Waals surface area (Å²) in [5, 5.41) is 2.66. The zero-order chi connectivity index (χ0) is 16.2. The Kier molecular flexibility index (Phi) is 4.74.